The first-order valence-corrected chi connectivity index (χ1v) is 6.33. The zero-order chi connectivity index (χ0) is 13.1. The highest BCUT2D eigenvalue weighted by Gasteiger charge is 2.25. The SMILES string of the molecule is O=C(NCc1ccno1)C1NCCc2ccccc21. The largest absolute Gasteiger partial charge is 0.360 e. The van der Waals surface area contributed by atoms with E-state index in [0.29, 0.717) is 12.3 Å². The number of hydrogen-bond acceptors (Lipinski definition) is 4. The van der Waals surface area contributed by atoms with Gasteiger partial charge in [0, 0.05) is 12.6 Å². The van der Waals surface area contributed by atoms with Gasteiger partial charge in [0.25, 0.3) is 0 Å². The van der Waals surface area contributed by atoms with Crippen LogP contribution in [0.15, 0.2) is 41.1 Å². The molecule has 1 aromatic heterocycles. The summed E-state index contributed by atoms with van der Waals surface area (Å²) in [5.74, 6) is 0.612. The molecular weight excluding hydrogens is 242 g/mol. The van der Waals surface area contributed by atoms with Crippen LogP contribution in [0.2, 0.25) is 0 Å². The molecule has 1 aliphatic heterocycles. The topological polar surface area (TPSA) is 67.2 Å². The van der Waals surface area contributed by atoms with Gasteiger partial charge in [0.2, 0.25) is 5.91 Å². The minimum Gasteiger partial charge on any atom is -0.360 e. The lowest BCUT2D eigenvalue weighted by molar-refractivity contribution is -0.123. The molecule has 2 heterocycles. The van der Waals surface area contributed by atoms with Crippen LogP contribution in [0.3, 0.4) is 0 Å². The molecule has 0 spiro atoms. The summed E-state index contributed by atoms with van der Waals surface area (Å²) in [5, 5.41) is 9.71. The van der Waals surface area contributed by atoms with E-state index in [9.17, 15) is 4.79 Å². The molecule has 5 nitrogen and oxygen atoms in total. The number of carbonyl (C=O) groups is 1. The van der Waals surface area contributed by atoms with E-state index in [2.05, 4.69) is 21.9 Å². The van der Waals surface area contributed by atoms with E-state index in [0.717, 1.165) is 18.5 Å². The van der Waals surface area contributed by atoms with Crippen molar-refractivity contribution >= 4 is 5.91 Å². The van der Waals surface area contributed by atoms with Gasteiger partial charge in [-0.15, -0.1) is 0 Å². The number of amides is 1. The van der Waals surface area contributed by atoms with Crippen molar-refractivity contribution in [1.29, 1.82) is 0 Å². The van der Waals surface area contributed by atoms with E-state index in [1.165, 1.54) is 5.56 Å². The number of hydrogen-bond donors (Lipinski definition) is 2. The Labute approximate surface area is 111 Å². The summed E-state index contributed by atoms with van der Waals surface area (Å²) in [6.45, 7) is 1.18. The minimum atomic E-state index is -0.284. The van der Waals surface area contributed by atoms with Crippen LogP contribution in [0.1, 0.15) is 22.9 Å². The first-order chi connectivity index (χ1) is 9.34. The molecule has 0 saturated heterocycles. The van der Waals surface area contributed by atoms with E-state index >= 15 is 0 Å². The number of aromatic nitrogens is 1. The second-order valence-corrected chi connectivity index (χ2v) is 4.53. The van der Waals surface area contributed by atoms with Crippen molar-refractivity contribution in [3.05, 3.63) is 53.4 Å². The molecule has 0 bridgehead atoms. The molecule has 1 atom stereocenters. The summed E-state index contributed by atoms with van der Waals surface area (Å²) >= 11 is 0. The van der Waals surface area contributed by atoms with Gasteiger partial charge in [-0.3, -0.25) is 4.79 Å². The Kier molecular flexibility index (Phi) is 3.29. The zero-order valence-corrected chi connectivity index (χ0v) is 10.4. The van der Waals surface area contributed by atoms with Crippen molar-refractivity contribution in [1.82, 2.24) is 15.8 Å². The number of nitrogens with one attached hydrogen (secondary N) is 2. The molecule has 1 amide bonds. The van der Waals surface area contributed by atoms with E-state index in [4.69, 9.17) is 4.52 Å². The molecule has 2 N–H and O–H groups in total. The van der Waals surface area contributed by atoms with Gasteiger partial charge in [0.05, 0.1) is 12.7 Å². The molecule has 1 unspecified atom stereocenters. The highest BCUT2D eigenvalue weighted by atomic mass is 16.5. The number of rotatable bonds is 3. The van der Waals surface area contributed by atoms with Gasteiger partial charge in [0.15, 0.2) is 5.76 Å². The van der Waals surface area contributed by atoms with Gasteiger partial charge in [-0.25, -0.2) is 0 Å². The van der Waals surface area contributed by atoms with Crippen molar-refractivity contribution in [2.45, 2.75) is 19.0 Å². The second-order valence-electron chi connectivity index (χ2n) is 4.53. The first-order valence-electron chi connectivity index (χ1n) is 6.33. The minimum absolute atomic E-state index is 0.0384. The number of benzene rings is 1. The summed E-state index contributed by atoms with van der Waals surface area (Å²) in [6, 6.07) is 9.50. The van der Waals surface area contributed by atoms with Crippen LogP contribution < -0.4 is 10.6 Å². The maximum Gasteiger partial charge on any atom is 0.242 e. The van der Waals surface area contributed by atoms with Gasteiger partial charge in [-0.1, -0.05) is 29.4 Å². The van der Waals surface area contributed by atoms with E-state index < -0.39 is 0 Å². The molecule has 1 aromatic carbocycles. The lowest BCUT2D eigenvalue weighted by Gasteiger charge is -2.25. The van der Waals surface area contributed by atoms with Gasteiger partial charge < -0.3 is 15.2 Å². The summed E-state index contributed by atoms with van der Waals surface area (Å²) < 4.78 is 4.96. The molecule has 0 radical (unpaired) electrons. The van der Waals surface area contributed by atoms with Crippen molar-refractivity contribution in [2.24, 2.45) is 0 Å². The van der Waals surface area contributed by atoms with E-state index in [1.54, 1.807) is 12.3 Å². The predicted molar refractivity (Wildman–Crippen MR) is 69.2 cm³/mol. The third kappa shape index (κ3) is 2.51. The standard InChI is InChI=1S/C14H15N3O2/c18-14(16-9-11-6-8-17-19-11)13-12-4-2-1-3-10(12)5-7-15-13/h1-4,6,8,13,15H,5,7,9H2,(H,16,18). The fourth-order valence-corrected chi connectivity index (χ4v) is 2.35. The summed E-state index contributed by atoms with van der Waals surface area (Å²) in [5.41, 5.74) is 2.30. The maximum atomic E-state index is 12.2. The van der Waals surface area contributed by atoms with Crippen LogP contribution in [0, 0.1) is 0 Å². The lowest BCUT2D eigenvalue weighted by atomic mass is 9.94. The normalized spacial score (nSPS) is 17.8. The fourth-order valence-electron chi connectivity index (χ4n) is 2.35. The van der Waals surface area contributed by atoms with Crippen LogP contribution in [0.4, 0.5) is 0 Å². The van der Waals surface area contributed by atoms with Crippen molar-refractivity contribution in [3.63, 3.8) is 0 Å². The van der Waals surface area contributed by atoms with Crippen LogP contribution in [-0.4, -0.2) is 17.6 Å². The third-order valence-electron chi connectivity index (χ3n) is 3.30. The summed E-state index contributed by atoms with van der Waals surface area (Å²) in [4.78, 5) is 12.2. The monoisotopic (exact) mass is 257 g/mol. The molecule has 5 heteroatoms. The zero-order valence-electron chi connectivity index (χ0n) is 10.4. The molecule has 1 aliphatic rings. The van der Waals surface area contributed by atoms with Crippen LogP contribution >= 0.6 is 0 Å². The van der Waals surface area contributed by atoms with E-state index in [-0.39, 0.29) is 11.9 Å². The maximum absolute atomic E-state index is 12.2. The molecular formula is C14H15N3O2. The van der Waals surface area contributed by atoms with Gasteiger partial charge in [0.1, 0.15) is 6.04 Å². The Morgan fingerprint density at radius 3 is 3.16 bits per heavy atom. The quantitative estimate of drug-likeness (QED) is 0.866. The third-order valence-corrected chi connectivity index (χ3v) is 3.30. The Balaban J connectivity index is 1.71. The van der Waals surface area contributed by atoms with Crippen molar-refractivity contribution in [3.8, 4) is 0 Å². The Hall–Kier alpha value is -2.14. The van der Waals surface area contributed by atoms with Crippen LogP contribution in [0.5, 0.6) is 0 Å². The molecule has 98 valence electrons. The highest BCUT2D eigenvalue weighted by molar-refractivity contribution is 5.83. The van der Waals surface area contributed by atoms with Crippen LogP contribution in [-0.2, 0) is 17.8 Å². The number of nitrogens with zero attached hydrogens (tertiary/aromatic N) is 1. The first kappa shape index (κ1) is 11.9. The van der Waals surface area contributed by atoms with Crippen molar-refractivity contribution < 1.29 is 9.32 Å². The average Bonchev–Trinajstić information content (AvgIpc) is 2.97. The van der Waals surface area contributed by atoms with Gasteiger partial charge in [-0.2, -0.15) is 0 Å². The summed E-state index contributed by atoms with van der Waals surface area (Å²) in [6.07, 6.45) is 2.53. The Morgan fingerprint density at radius 1 is 1.42 bits per heavy atom. The average molecular weight is 257 g/mol. The molecule has 0 saturated carbocycles. The molecule has 0 aliphatic carbocycles. The van der Waals surface area contributed by atoms with E-state index in [1.807, 2.05) is 18.2 Å². The fraction of sp³-hybridized carbons (Fsp3) is 0.286. The highest BCUT2D eigenvalue weighted by Crippen LogP contribution is 2.22. The number of fused-ring (bicyclic) bond motifs is 1. The number of carbonyl (C=O) groups excluding carboxylic acids is 1. The molecule has 3 rings (SSSR count). The Morgan fingerprint density at radius 2 is 2.32 bits per heavy atom. The van der Waals surface area contributed by atoms with Crippen LogP contribution in [0.25, 0.3) is 0 Å². The summed E-state index contributed by atoms with van der Waals surface area (Å²) in [7, 11) is 0. The van der Waals surface area contributed by atoms with Gasteiger partial charge >= 0.3 is 0 Å². The molecule has 19 heavy (non-hydrogen) atoms. The van der Waals surface area contributed by atoms with Gasteiger partial charge in [-0.05, 0) is 17.5 Å². The molecule has 2 aromatic rings. The van der Waals surface area contributed by atoms with Crippen molar-refractivity contribution in [2.75, 3.05) is 6.54 Å². The predicted octanol–water partition coefficient (Wildman–Crippen LogP) is 1.18. The molecule has 0 fully saturated rings. The Bertz CT molecular complexity index is 566. The second kappa shape index (κ2) is 5.24. The lowest BCUT2D eigenvalue weighted by Crippen LogP contribution is -2.41. The smallest absolute Gasteiger partial charge is 0.242 e.